The van der Waals surface area contributed by atoms with E-state index in [-0.39, 0.29) is 18.9 Å². The van der Waals surface area contributed by atoms with Crippen LogP contribution in [0.2, 0.25) is 5.02 Å². The van der Waals surface area contributed by atoms with Gasteiger partial charge in [-0.2, -0.15) is 18.3 Å². The highest BCUT2D eigenvalue weighted by Crippen LogP contribution is 2.36. The van der Waals surface area contributed by atoms with Crippen LogP contribution in [0.15, 0.2) is 67.1 Å². The second-order valence-electron chi connectivity index (χ2n) is 7.88. The number of aromatic nitrogens is 5. The third-order valence-corrected chi connectivity index (χ3v) is 5.78. The fraction of sp³-hybridized carbons (Fsp3) is 0.125. The molecule has 0 saturated heterocycles. The maximum absolute atomic E-state index is 12.9. The Morgan fingerprint density at radius 1 is 1.03 bits per heavy atom. The van der Waals surface area contributed by atoms with E-state index in [0.29, 0.717) is 27.7 Å². The van der Waals surface area contributed by atoms with Crippen LogP contribution >= 0.6 is 11.6 Å². The van der Waals surface area contributed by atoms with Gasteiger partial charge in [0.15, 0.2) is 11.6 Å². The number of anilines is 2. The summed E-state index contributed by atoms with van der Waals surface area (Å²) in [7, 11) is 0. The molecule has 0 saturated carbocycles. The Labute approximate surface area is 202 Å². The van der Waals surface area contributed by atoms with Gasteiger partial charge in [0.05, 0.1) is 33.7 Å². The van der Waals surface area contributed by atoms with Crippen LogP contribution in [-0.2, 0) is 12.7 Å². The van der Waals surface area contributed by atoms with Crippen molar-refractivity contribution in [2.75, 3.05) is 17.6 Å². The first-order valence-corrected chi connectivity index (χ1v) is 11.0. The molecule has 0 radical (unpaired) electrons. The lowest BCUT2D eigenvalue weighted by atomic mass is 10.0. The van der Waals surface area contributed by atoms with Gasteiger partial charge >= 0.3 is 6.18 Å². The van der Waals surface area contributed by atoms with Crippen LogP contribution in [0.25, 0.3) is 33.4 Å². The highest BCUT2D eigenvalue weighted by molar-refractivity contribution is 6.35. The number of hydrogen-bond donors (Lipinski definition) is 3. The van der Waals surface area contributed by atoms with Gasteiger partial charge in [0.2, 0.25) is 0 Å². The molecule has 3 heterocycles. The second kappa shape index (κ2) is 8.95. The summed E-state index contributed by atoms with van der Waals surface area (Å²) in [6.45, 7) is 0.566. The summed E-state index contributed by atoms with van der Waals surface area (Å²) in [6, 6.07) is 14.2. The van der Waals surface area contributed by atoms with E-state index in [9.17, 15) is 13.2 Å². The normalized spacial score (nSPS) is 11.8. The van der Waals surface area contributed by atoms with Crippen molar-refractivity contribution < 1.29 is 13.2 Å². The number of alkyl halides is 3. The zero-order valence-corrected chi connectivity index (χ0v) is 18.9. The lowest BCUT2D eigenvalue weighted by molar-refractivity contribution is -0.137. The minimum absolute atomic E-state index is 0.173. The highest BCUT2D eigenvalue weighted by atomic mass is 35.5. The Kier molecular flexibility index (Phi) is 5.81. The minimum atomic E-state index is -4.38. The average Bonchev–Trinajstić information content (AvgIpc) is 3.50. The fourth-order valence-electron chi connectivity index (χ4n) is 3.78. The van der Waals surface area contributed by atoms with Gasteiger partial charge in [-0.1, -0.05) is 41.9 Å². The smallest absolute Gasteiger partial charge is 0.381 e. The summed E-state index contributed by atoms with van der Waals surface area (Å²) in [5.74, 6) is 0.498. The Morgan fingerprint density at radius 2 is 1.80 bits per heavy atom. The van der Waals surface area contributed by atoms with Crippen LogP contribution in [0.5, 0.6) is 0 Å². The Hall–Kier alpha value is -4.05. The number of halogens is 4. The number of hydrogen-bond acceptors (Lipinski definition) is 5. The molecule has 0 spiro atoms. The number of nitrogens with zero attached hydrogens (tertiary/aromatic N) is 4. The highest BCUT2D eigenvalue weighted by Gasteiger charge is 2.31. The molecule has 7 nitrogen and oxygen atoms in total. The van der Waals surface area contributed by atoms with Gasteiger partial charge in [-0.15, -0.1) is 0 Å². The molecule has 2 aromatic carbocycles. The number of nitrogens with two attached hydrogens (primary N) is 1. The first-order chi connectivity index (χ1) is 16.8. The zero-order chi connectivity index (χ0) is 24.6. The third kappa shape index (κ3) is 4.65. The van der Waals surface area contributed by atoms with Crippen LogP contribution in [0.3, 0.4) is 0 Å². The lowest BCUT2D eigenvalue weighted by Gasteiger charge is -2.15. The topological polar surface area (TPSA) is 97.4 Å². The minimum Gasteiger partial charge on any atom is -0.381 e. The molecule has 0 amide bonds. The second-order valence-corrected chi connectivity index (χ2v) is 8.28. The van der Waals surface area contributed by atoms with E-state index in [2.05, 4.69) is 20.5 Å². The van der Waals surface area contributed by atoms with Crippen molar-refractivity contribution in [3.63, 3.8) is 0 Å². The molecular formula is C24H19ClF3N7. The summed E-state index contributed by atoms with van der Waals surface area (Å²) < 4.78 is 40.0. The van der Waals surface area contributed by atoms with Gasteiger partial charge in [-0.25, -0.2) is 9.97 Å². The third-order valence-electron chi connectivity index (χ3n) is 5.48. The molecule has 0 aliphatic carbocycles. The van der Waals surface area contributed by atoms with Crippen molar-refractivity contribution in [2.45, 2.75) is 12.7 Å². The molecule has 0 fully saturated rings. The SMILES string of the molecule is Nc1nc(-c2ccccc2)c(-c2cc(Cl)c3[nH]ncc3c2)nc1NCCn1ccc(C(F)(F)F)c1. The summed E-state index contributed by atoms with van der Waals surface area (Å²) in [5.41, 5.74) is 8.91. The predicted octanol–water partition coefficient (Wildman–Crippen LogP) is 5.85. The molecule has 5 rings (SSSR count). The number of nitrogens with one attached hydrogen (secondary N) is 2. The first-order valence-electron chi connectivity index (χ1n) is 10.6. The van der Waals surface area contributed by atoms with Crippen molar-refractivity contribution in [2.24, 2.45) is 0 Å². The number of rotatable bonds is 6. The number of aromatic amines is 1. The summed E-state index contributed by atoms with van der Waals surface area (Å²) >= 11 is 6.47. The van der Waals surface area contributed by atoms with Crippen LogP contribution in [-0.4, -0.2) is 31.3 Å². The number of benzene rings is 2. The van der Waals surface area contributed by atoms with Crippen LogP contribution in [0.1, 0.15) is 5.56 Å². The lowest BCUT2D eigenvalue weighted by Crippen LogP contribution is -2.13. The Morgan fingerprint density at radius 3 is 2.54 bits per heavy atom. The van der Waals surface area contributed by atoms with E-state index < -0.39 is 11.7 Å². The fourth-order valence-corrected chi connectivity index (χ4v) is 4.05. The Bertz CT molecular complexity index is 1490. The van der Waals surface area contributed by atoms with Crippen molar-refractivity contribution in [3.8, 4) is 22.5 Å². The van der Waals surface area contributed by atoms with Gasteiger partial charge in [-0.05, 0) is 18.2 Å². The molecule has 5 aromatic rings. The number of nitrogen functional groups attached to an aromatic ring is 1. The van der Waals surface area contributed by atoms with Gasteiger partial charge in [0.25, 0.3) is 0 Å². The molecular weight excluding hydrogens is 479 g/mol. The van der Waals surface area contributed by atoms with Gasteiger partial charge < -0.3 is 15.6 Å². The van der Waals surface area contributed by atoms with E-state index in [1.165, 1.54) is 10.8 Å². The largest absolute Gasteiger partial charge is 0.417 e. The summed E-state index contributed by atoms with van der Waals surface area (Å²) in [4.78, 5) is 9.36. The quantitative estimate of drug-likeness (QED) is 0.273. The molecule has 178 valence electrons. The predicted molar refractivity (Wildman–Crippen MR) is 130 cm³/mol. The Balaban J connectivity index is 1.49. The van der Waals surface area contributed by atoms with E-state index in [0.717, 1.165) is 28.8 Å². The summed E-state index contributed by atoms with van der Waals surface area (Å²) in [6.07, 6.45) is -0.272. The van der Waals surface area contributed by atoms with Crippen molar-refractivity contribution in [1.29, 1.82) is 0 Å². The molecule has 3 aromatic heterocycles. The first kappa shape index (κ1) is 22.7. The van der Waals surface area contributed by atoms with Crippen molar-refractivity contribution in [1.82, 2.24) is 24.7 Å². The van der Waals surface area contributed by atoms with E-state index >= 15 is 0 Å². The van der Waals surface area contributed by atoms with Crippen LogP contribution < -0.4 is 11.1 Å². The van der Waals surface area contributed by atoms with Crippen molar-refractivity contribution in [3.05, 3.63) is 77.7 Å². The average molecular weight is 498 g/mol. The van der Waals surface area contributed by atoms with Crippen molar-refractivity contribution >= 4 is 34.1 Å². The molecule has 0 atom stereocenters. The van der Waals surface area contributed by atoms with Crippen LogP contribution in [0.4, 0.5) is 24.8 Å². The van der Waals surface area contributed by atoms with Crippen LogP contribution in [0, 0.1) is 0 Å². The molecule has 11 heteroatoms. The maximum atomic E-state index is 12.9. The number of fused-ring (bicyclic) bond motifs is 1. The van der Waals surface area contributed by atoms with Gasteiger partial charge in [0, 0.05) is 42.0 Å². The van der Waals surface area contributed by atoms with E-state index in [1.54, 1.807) is 12.3 Å². The standard InChI is InChI=1S/C24H19ClF3N7/c25-18-11-15(10-16-12-31-34-19(16)18)21-20(14-4-2-1-3-5-14)32-22(29)23(33-21)30-7-9-35-8-6-17(13-35)24(26,27)28/h1-6,8,10-13H,7,9H2,(H2,29,32)(H,30,33)(H,31,34). The van der Waals surface area contributed by atoms with Gasteiger partial charge in [0.1, 0.15) is 0 Å². The zero-order valence-electron chi connectivity index (χ0n) is 18.1. The molecule has 0 bridgehead atoms. The molecule has 0 aliphatic rings. The summed E-state index contributed by atoms with van der Waals surface area (Å²) in [5, 5.41) is 11.3. The van der Waals surface area contributed by atoms with Gasteiger partial charge in [-0.3, -0.25) is 5.10 Å². The maximum Gasteiger partial charge on any atom is 0.417 e. The molecule has 0 unspecified atom stereocenters. The molecule has 4 N–H and O–H groups in total. The van der Waals surface area contributed by atoms with E-state index in [4.69, 9.17) is 22.3 Å². The molecule has 0 aliphatic heterocycles. The monoisotopic (exact) mass is 497 g/mol. The molecule has 35 heavy (non-hydrogen) atoms. The number of H-pyrrole nitrogens is 1. The van der Waals surface area contributed by atoms with E-state index in [1.807, 2.05) is 36.4 Å².